The van der Waals surface area contributed by atoms with Gasteiger partial charge in [-0.25, -0.2) is 10.7 Å². The number of nitrogens with two attached hydrogens (primary N) is 1. The lowest BCUT2D eigenvalue weighted by atomic mass is 10.1. The van der Waals surface area contributed by atoms with Gasteiger partial charge in [0.1, 0.15) is 6.61 Å². The van der Waals surface area contributed by atoms with Crippen LogP contribution in [0, 0.1) is 0 Å². The number of carbonyl (C=O) groups excluding carboxylic acids is 1. The molecule has 2 N–H and O–H groups in total. The summed E-state index contributed by atoms with van der Waals surface area (Å²) in [6.07, 6.45) is 1.39. The SMILES string of the molecule is NOC1CCCN(C(=O)OCc2ccccc2)C1. The molecule has 1 aliphatic rings. The maximum Gasteiger partial charge on any atom is 0.410 e. The first-order valence-electron chi connectivity index (χ1n) is 6.11. The van der Waals surface area contributed by atoms with Crippen molar-refractivity contribution < 1.29 is 14.4 Å². The highest BCUT2D eigenvalue weighted by molar-refractivity contribution is 5.67. The van der Waals surface area contributed by atoms with E-state index in [1.165, 1.54) is 0 Å². The Balaban J connectivity index is 1.81. The molecule has 2 rings (SSSR count). The Morgan fingerprint density at radius 1 is 1.39 bits per heavy atom. The van der Waals surface area contributed by atoms with Crippen molar-refractivity contribution in [2.45, 2.75) is 25.6 Å². The summed E-state index contributed by atoms with van der Waals surface area (Å²) in [6.45, 7) is 1.50. The van der Waals surface area contributed by atoms with E-state index in [-0.39, 0.29) is 12.2 Å². The quantitative estimate of drug-likeness (QED) is 0.829. The monoisotopic (exact) mass is 250 g/mol. The zero-order valence-electron chi connectivity index (χ0n) is 10.2. The molecule has 0 aromatic heterocycles. The second-order valence-electron chi connectivity index (χ2n) is 4.39. The lowest BCUT2D eigenvalue weighted by Crippen LogP contribution is -2.44. The van der Waals surface area contributed by atoms with E-state index < -0.39 is 0 Å². The summed E-state index contributed by atoms with van der Waals surface area (Å²) in [7, 11) is 0. The number of piperidine rings is 1. The van der Waals surface area contributed by atoms with Crippen molar-refractivity contribution >= 4 is 6.09 Å². The highest BCUT2D eigenvalue weighted by Crippen LogP contribution is 2.13. The first-order valence-corrected chi connectivity index (χ1v) is 6.11. The van der Waals surface area contributed by atoms with Gasteiger partial charge < -0.3 is 9.64 Å². The molecule has 1 atom stereocenters. The first kappa shape index (κ1) is 12.9. The van der Waals surface area contributed by atoms with Gasteiger partial charge in [-0.05, 0) is 18.4 Å². The number of likely N-dealkylation sites (tertiary alicyclic amines) is 1. The van der Waals surface area contributed by atoms with Crippen molar-refractivity contribution in [3.05, 3.63) is 35.9 Å². The molecule has 1 aromatic rings. The fraction of sp³-hybridized carbons (Fsp3) is 0.462. The zero-order valence-corrected chi connectivity index (χ0v) is 10.2. The molecule has 5 nitrogen and oxygen atoms in total. The molecular weight excluding hydrogens is 232 g/mol. The molecule has 1 fully saturated rings. The van der Waals surface area contributed by atoms with Crippen molar-refractivity contribution in [3.63, 3.8) is 0 Å². The van der Waals surface area contributed by atoms with E-state index in [0.717, 1.165) is 18.4 Å². The highest BCUT2D eigenvalue weighted by Gasteiger charge is 2.24. The molecule has 18 heavy (non-hydrogen) atoms. The minimum absolute atomic E-state index is 0.0805. The van der Waals surface area contributed by atoms with E-state index in [9.17, 15) is 4.79 Å². The van der Waals surface area contributed by atoms with Crippen LogP contribution in [0.5, 0.6) is 0 Å². The molecule has 1 aromatic carbocycles. The average Bonchev–Trinajstić information content (AvgIpc) is 2.46. The minimum Gasteiger partial charge on any atom is -0.445 e. The number of rotatable bonds is 3. The van der Waals surface area contributed by atoms with Crippen LogP contribution in [0.2, 0.25) is 0 Å². The number of ether oxygens (including phenoxy) is 1. The number of benzene rings is 1. The molecule has 1 heterocycles. The van der Waals surface area contributed by atoms with Gasteiger partial charge in [-0.2, -0.15) is 0 Å². The van der Waals surface area contributed by atoms with Gasteiger partial charge in [0.2, 0.25) is 0 Å². The van der Waals surface area contributed by atoms with Crippen LogP contribution in [0.25, 0.3) is 0 Å². The second-order valence-corrected chi connectivity index (χ2v) is 4.39. The van der Waals surface area contributed by atoms with Gasteiger partial charge in [0.15, 0.2) is 0 Å². The third kappa shape index (κ3) is 3.45. The molecule has 0 radical (unpaired) electrons. The molecule has 5 heteroatoms. The van der Waals surface area contributed by atoms with Gasteiger partial charge in [0, 0.05) is 6.54 Å². The normalized spacial score (nSPS) is 19.6. The van der Waals surface area contributed by atoms with Gasteiger partial charge in [0.05, 0.1) is 12.6 Å². The van der Waals surface area contributed by atoms with E-state index in [2.05, 4.69) is 0 Å². The topological polar surface area (TPSA) is 64.8 Å². The third-order valence-electron chi connectivity index (χ3n) is 3.03. The standard InChI is InChI=1S/C13H18N2O3/c14-18-12-7-4-8-15(9-12)13(16)17-10-11-5-2-1-3-6-11/h1-3,5-6,12H,4,7-10,14H2. The van der Waals surface area contributed by atoms with E-state index >= 15 is 0 Å². The Bertz CT molecular complexity index is 383. The number of amides is 1. The van der Waals surface area contributed by atoms with Crippen LogP contribution < -0.4 is 5.90 Å². The summed E-state index contributed by atoms with van der Waals surface area (Å²) in [5.74, 6) is 5.15. The molecule has 98 valence electrons. The number of nitrogens with zero attached hydrogens (tertiary/aromatic N) is 1. The third-order valence-corrected chi connectivity index (χ3v) is 3.03. The molecule has 1 aliphatic heterocycles. The van der Waals surface area contributed by atoms with Crippen molar-refractivity contribution in [1.29, 1.82) is 0 Å². The molecule has 1 unspecified atom stereocenters. The summed E-state index contributed by atoms with van der Waals surface area (Å²) >= 11 is 0. The van der Waals surface area contributed by atoms with Crippen LogP contribution in [0.15, 0.2) is 30.3 Å². The van der Waals surface area contributed by atoms with Crippen molar-refractivity contribution in [2.75, 3.05) is 13.1 Å². The molecule has 0 aliphatic carbocycles. The Morgan fingerprint density at radius 2 is 2.17 bits per heavy atom. The molecular formula is C13H18N2O3. The lowest BCUT2D eigenvalue weighted by molar-refractivity contribution is -0.00414. The maximum absolute atomic E-state index is 11.8. The van der Waals surface area contributed by atoms with Crippen LogP contribution in [0.3, 0.4) is 0 Å². The number of hydrogen-bond acceptors (Lipinski definition) is 4. The van der Waals surface area contributed by atoms with Gasteiger partial charge in [-0.1, -0.05) is 30.3 Å². The minimum atomic E-state index is -0.305. The second kappa shape index (κ2) is 6.37. The predicted molar refractivity (Wildman–Crippen MR) is 66.5 cm³/mol. The highest BCUT2D eigenvalue weighted by atomic mass is 16.6. The van der Waals surface area contributed by atoms with Crippen LogP contribution in [0.1, 0.15) is 18.4 Å². The lowest BCUT2D eigenvalue weighted by Gasteiger charge is -2.30. The summed E-state index contributed by atoms with van der Waals surface area (Å²) in [4.78, 5) is 18.3. The van der Waals surface area contributed by atoms with Gasteiger partial charge in [-0.3, -0.25) is 4.84 Å². The molecule has 0 spiro atoms. The fourth-order valence-electron chi connectivity index (χ4n) is 2.03. The van der Waals surface area contributed by atoms with Gasteiger partial charge in [-0.15, -0.1) is 0 Å². The van der Waals surface area contributed by atoms with E-state index in [0.29, 0.717) is 19.7 Å². The average molecular weight is 250 g/mol. The van der Waals surface area contributed by atoms with E-state index in [4.69, 9.17) is 15.5 Å². The number of carbonyl (C=O) groups is 1. The van der Waals surface area contributed by atoms with E-state index in [1.807, 2.05) is 30.3 Å². The Labute approximate surface area is 106 Å². The summed E-state index contributed by atoms with van der Waals surface area (Å²) in [6, 6.07) is 9.62. The number of hydrogen-bond donors (Lipinski definition) is 1. The van der Waals surface area contributed by atoms with Crippen molar-refractivity contribution in [1.82, 2.24) is 4.90 Å². The molecule has 1 saturated heterocycles. The Kier molecular flexibility index (Phi) is 4.55. The van der Waals surface area contributed by atoms with Crippen LogP contribution in [-0.4, -0.2) is 30.2 Å². The first-order chi connectivity index (χ1) is 8.79. The summed E-state index contributed by atoms with van der Waals surface area (Å²) in [5.41, 5.74) is 0.981. The largest absolute Gasteiger partial charge is 0.445 e. The Morgan fingerprint density at radius 3 is 2.89 bits per heavy atom. The summed E-state index contributed by atoms with van der Waals surface area (Å²) < 4.78 is 5.25. The van der Waals surface area contributed by atoms with Gasteiger partial charge >= 0.3 is 6.09 Å². The van der Waals surface area contributed by atoms with Crippen molar-refractivity contribution in [3.8, 4) is 0 Å². The molecule has 0 bridgehead atoms. The van der Waals surface area contributed by atoms with Crippen LogP contribution in [-0.2, 0) is 16.2 Å². The Hall–Kier alpha value is -1.59. The fourth-order valence-corrected chi connectivity index (χ4v) is 2.03. The van der Waals surface area contributed by atoms with E-state index in [1.54, 1.807) is 4.90 Å². The summed E-state index contributed by atoms with van der Waals surface area (Å²) in [5, 5.41) is 0. The molecule has 1 amide bonds. The van der Waals surface area contributed by atoms with Crippen LogP contribution >= 0.6 is 0 Å². The zero-order chi connectivity index (χ0) is 12.8. The van der Waals surface area contributed by atoms with Crippen LogP contribution in [0.4, 0.5) is 4.79 Å². The molecule has 0 saturated carbocycles. The van der Waals surface area contributed by atoms with Gasteiger partial charge in [0.25, 0.3) is 0 Å². The smallest absolute Gasteiger partial charge is 0.410 e. The van der Waals surface area contributed by atoms with Crippen molar-refractivity contribution in [2.24, 2.45) is 5.90 Å². The maximum atomic E-state index is 11.8. The predicted octanol–water partition coefficient (Wildman–Crippen LogP) is 1.68.